The van der Waals surface area contributed by atoms with Gasteiger partial charge in [-0.15, -0.1) is 0 Å². The average molecular weight is 537 g/mol. The molecule has 9 unspecified atom stereocenters. The van der Waals surface area contributed by atoms with E-state index >= 15 is 0 Å². The minimum atomic E-state index is -5.76. The highest BCUT2D eigenvalue weighted by molar-refractivity contribution is 5.77. The summed E-state index contributed by atoms with van der Waals surface area (Å²) in [5.41, 5.74) is -0.648. The Balaban J connectivity index is 1.43. The Kier molecular flexibility index (Phi) is 7.23. The van der Waals surface area contributed by atoms with Gasteiger partial charge in [-0.25, -0.2) is 0 Å². The summed E-state index contributed by atoms with van der Waals surface area (Å²) in [6, 6.07) is 0. The summed E-state index contributed by atoms with van der Waals surface area (Å²) < 4.78 is 74.9. The molecule has 4 aliphatic carbocycles. The lowest BCUT2D eigenvalue weighted by Crippen LogP contribution is -2.46. The van der Waals surface area contributed by atoms with Gasteiger partial charge >= 0.3 is 24.0 Å². The van der Waals surface area contributed by atoms with Crippen LogP contribution in [0.4, 0.5) is 22.0 Å². The first kappa shape index (κ1) is 28.6. The Hall–Kier alpha value is -1.41. The van der Waals surface area contributed by atoms with Gasteiger partial charge in [0.25, 0.3) is 0 Å². The maximum absolute atomic E-state index is 13.6. The van der Waals surface area contributed by atoms with Crippen LogP contribution >= 0.6 is 0 Å². The molecule has 0 aliphatic heterocycles. The van der Waals surface area contributed by atoms with Crippen molar-refractivity contribution in [2.75, 3.05) is 6.61 Å². The van der Waals surface area contributed by atoms with E-state index in [1.807, 2.05) is 20.8 Å². The van der Waals surface area contributed by atoms with Crippen molar-refractivity contribution >= 4 is 11.9 Å². The number of hydrogen-bond acceptors (Lipinski definition) is 4. The summed E-state index contributed by atoms with van der Waals surface area (Å²) in [4.78, 5) is 26.2. The Labute approximate surface area is 216 Å². The summed E-state index contributed by atoms with van der Waals surface area (Å²) in [5.74, 6) is -5.65. The van der Waals surface area contributed by atoms with Crippen LogP contribution < -0.4 is 0 Å². The number of alkyl halides is 5. The molecule has 9 heteroatoms. The fourth-order valence-corrected chi connectivity index (χ4v) is 8.20. The quantitative estimate of drug-likeness (QED) is 0.180. The van der Waals surface area contributed by atoms with Crippen molar-refractivity contribution in [3.05, 3.63) is 0 Å². The minimum absolute atomic E-state index is 0.0150. The van der Waals surface area contributed by atoms with Gasteiger partial charge in [-0.1, -0.05) is 41.0 Å². The number of esters is 2. The van der Waals surface area contributed by atoms with Gasteiger partial charge < -0.3 is 9.47 Å². The van der Waals surface area contributed by atoms with E-state index in [1.165, 1.54) is 0 Å². The highest BCUT2D eigenvalue weighted by Crippen LogP contribution is 2.69. The topological polar surface area (TPSA) is 52.6 Å². The number of carbonyl (C=O) groups excluding carboxylic acids is 2. The van der Waals surface area contributed by atoms with E-state index < -0.39 is 36.0 Å². The Bertz CT molecular complexity index is 899. The summed E-state index contributed by atoms with van der Waals surface area (Å²) in [6.45, 7) is 10.5. The zero-order valence-corrected chi connectivity index (χ0v) is 22.7. The largest absolute Gasteiger partial charge is 0.462 e. The van der Waals surface area contributed by atoms with Gasteiger partial charge in [0, 0.05) is 0 Å². The fourth-order valence-electron chi connectivity index (χ4n) is 8.20. The predicted octanol–water partition coefficient (Wildman–Crippen LogP) is 7.06. The minimum Gasteiger partial charge on any atom is -0.462 e. The number of hydrogen-bond donors (Lipinski definition) is 0. The second kappa shape index (κ2) is 9.35. The molecule has 0 spiro atoms. The monoisotopic (exact) mass is 536 g/mol. The standard InChI is InChI=1S/C28H41F5O4/c1-7-25(4,5)12-26(6,14(2)3)24(35)37-20-11-16-10-19(20)22-17-8-15(21(16)22)9-18(17)23(34)36-13-27(29,30)28(31,32)33/h14-22H,7-13H2,1-6H3. The lowest BCUT2D eigenvalue weighted by Gasteiger charge is -2.43. The number of rotatable bonds is 9. The molecule has 0 aromatic carbocycles. The molecular formula is C28H41F5O4. The third-order valence-corrected chi connectivity index (χ3v) is 10.7. The van der Waals surface area contributed by atoms with Crippen LogP contribution in [0.2, 0.25) is 0 Å². The normalized spacial score (nSPS) is 36.5. The van der Waals surface area contributed by atoms with Crippen molar-refractivity contribution in [2.45, 2.75) is 98.3 Å². The van der Waals surface area contributed by atoms with Gasteiger partial charge in [0.05, 0.1) is 11.3 Å². The second-order valence-electron chi connectivity index (χ2n) is 13.6. The molecule has 4 nitrogen and oxygen atoms in total. The Morgan fingerprint density at radius 2 is 1.49 bits per heavy atom. The molecular weight excluding hydrogens is 495 g/mol. The molecule has 0 heterocycles. The van der Waals surface area contributed by atoms with E-state index in [1.54, 1.807) is 0 Å². The number of halogens is 5. The van der Waals surface area contributed by atoms with Crippen molar-refractivity contribution in [3.63, 3.8) is 0 Å². The van der Waals surface area contributed by atoms with Gasteiger partial charge in [0.2, 0.25) is 0 Å². The molecule has 37 heavy (non-hydrogen) atoms. The zero-order valence-electron chi connectivity index (χ0n) is 22.7. The average Bonchev–Trinajstić information content (AvgIpc) is 3.55. The first-order valence-corrected chi connectivity index (χ1v) is 13.7. The van der Waals surface area contributed by atoms with Crippen LogP contribution in [0.15, 0.2) is 0 Å². The van der Waals surface area contributed by atoms with Crippen molar-refractivity contribution < 1.29 is 41.0 Å². The van der Waals surface area contributed by atoms with Crippen molar-refractivity contribution in [1.82, 2.24) is 0 Å². The zero-order chi connectivity index (χ0) is 27.7. The Morgan fingerprint density at radius 3 is 2.05 bits per heavy atom. The van der Waals surface area contributed by atoms with Gasteiger partial charge in [-0.05, 0) is 85.9 Å². The molecule has 0 saturated heterocycles. The lowest BCUT2D eigenvalue weighted by molar-refractivity contribution is -0.294. The molecule has 0 amide bonds. The van der Waals surface area contributed by atoms with E-state index in [-0.39, 0.29) is 47.1 Å². The van der Waals surface area contributed by atoms with Gasteiger partial charge in [-0.3, -0.25) is 9.59 Å². The van der Waals surface area contributed by atoms with Crippen LogP contribution in [-0.2, 0) is 19.1 Å². The highest BCUT2D eigenvalue weighted by Gasteiger charge is 2.67. The summed E-state index contributed by atoms with van der Waals surface area (Å²) in [5, 5.41) is 0. The smallest absolute Gasteiger partial charge is 0.456 e. The Morgan fingerprint density at radius 1 is 0.892 bits per heavy atom. The van der Waals surface area contributed by atoms with Crippen LogP contribution in [0.25, 0.3) is 0 Å². The van der Waals surface area contributed by atoms with Crippen LogP contribution in [0.1, 0.15) is 80.1 Å². The van der Waals surface area contributed by atoms with Crippen LogP contribution in [0.3, 0.4) is 0 Å². The molecule has 4 fully saturated rings. The predicted molar refractivity (Wildman–Crippen MR) is 126 cm³/mol. The molecule has 4 saturated carbocycles. The van der Waals surface area contributed by atoms with Crippen LogP contribution in [-0.4, -0.2) is 36.7 Å². The van der Waals surface area contributed by atoms with Gasteiger partial charge in [0.15, 0.2) is 6.61 Å². The lowest BCUT2D eigenvalue weighted by atomic mass is 9.66. The first-order valence-electron chi connectivity index (χ1n) is 13.7. The van der Waals surface area contributed by atoms with Crippen LogP contribution in [0, 0.1) is 58.2 Å². The van der Waals surface area contributed by atoms with Crippen molar-refractivity contribution in [1.29, 1.82) is 0 Å². The van der Waals surface area contributed by atoms with Crippen molar-refractivity contribution in [3.8, 4) is 0 Å². The SMILES string of the molecule is CCC(C)(C)CC(C)(C(=O)OC1CC2CC1C1C3CC(CC3C(=O)OCC(F)(F)C(F)(F)F)C21)C(C)C. The molecule has 212 valence electrons. The number of ether oxygens (including phenoxy) is 2. The van der Waals surface area contributed by atoms with Gasteiger partial charge in [-0.2, -0.15) is 22.0 Å². The van der Waals surface area contributed by atoms with Gasteiger partial charge in [0.1, 0.15) is 6.10 Å². The van der Waals surface area contributed by atoms with E-state index in [0.717, 1.165) is 25.7 Å². The molecule has 4 bridgehead atoms. The second-order valence-corrected chi connectivity index (χ2v) is 13.6. The number of fused-ring (bicyclic) bond motifs is 9. The maximum atomic E-state index is 13.6. The molecule has 4 rings (SSSR count). The molecule has 0 N–H and O–H groups in total. The third kappa shape index (κ3) is 4.90. The molecule has 4 aliphatic rings. The van der Waals surface area contributed by atoms with E-state index in [2.05, 4.69) is 25.5 Å². The van der Waals surface area contributed by atoms with E-state index in [4.69, 9.17) is 4.74 Å². The molecule has 0 radical (unpaired) electrons. The molecule has 0 aromatic heterocycles. The van der Waals surface area contributed by atoms with E-state index in [0.29, 0.717) is 24.7 Å². The summed E-state index contributed by atoms with van der Waals surface area (Å²) in [6.07, 6.45) is -1.40. The number of carbonyl (C=O) groups is 2. The molecule has 9 atom stereocenters. The first-order chi connectivity index (χ1) is 16.9. The fraction of sp³-hybridized carbons (Fsp3) is 0.929. The molecule has 0 aromatic rings. The van der Waals surface area contributed by atoms with Crippen molar-refractivity contribution in [2.24, 2.45) is 58.2 Å². The maximum Gasteiger partial charge on any atom is 0.456 e. The summed E-state index contributed by atoms with van der Waals surface area (Å²) >= 11 is 0. The van der Waals surface area contributed by atoms with Crippen LogP contribution in [0.5, 0.6) is 0 Å². The summed E-state index contributed by atoms with van der Waals surface area (Å²) in [7, 11) is 0. The third-order valence-electron chi connectivity index (χ3n) is 10.7. The van der Waals surface area contributed by atoms with E-state index in [9.17, 15) is 31.5 Å². The highest BCUT2D eigenvalue weighted by atomic mass is 19.4.